The van der Waals surface area contributed by atoms with E-state index in [4.69, 9.17) is 9.66 Å². The Bertz CT molecular complexity index is 906. The Labute approximate surface area is 157 Å². The van der Waals surface area contributed by atoms with Crippen LogP contribution in [0.3, 0.4) is 0 Å². The number of sulfonamides is 1. The fourth-order valence-corrected chi connectivity index (χ4v) is 2.83. The molecule has 3 aromatic rings. The van der Waals surface area contributed by atoms with Crippen LogP contribution in [-0.2, 0) is 10.0 Å². The lowest BCUT2D eigenvalue weighted by Crippen LogP contribution is -2.11. The molecule has 26 heavy (non-hydrogen) atoms. The Hall–Kier alpha value is -2.38. The summed E-state index contributed by atoms with van der Waals surface area (Å²) < 4.78 is 28.0. The molecule has 2 aromatic carbocycles. The van der Waals surface area contributed by atoms with Crippen molar-refractivity contribution in [2.75, 3.05) is 0 Å². The molecule has 3 rings (SSSR count). The molecule has 7 heteroatoms. The first-order valence-corrected chi connectivity index (χ1v) is 9.16. The van der Waals surface area contributed by atoms with Gasteiger partial charge in [0.2, 0.25) is 10.0 Å². The zero-order valence-electron chi connectivity index (χ0n) is 14.4. The average molecular weight is 371 g/mol. The third-order valence-corrected chi connectivity index (χ3v) is 4.31. The van der Waals surface area contributed by atoms with Gasteiger partial charge in [-0.05, 0) is 24.6 Å². The summed E-state index contributed by atoms with van der Waals surface area (Å²) in [6.07, 6.45) is 0. The lowest BCUT2D eigenvalue weighted by molar-refractivity contribution is 0.400. The Kier molecular flexibility index (Phi) is 9.03. The first-order valence-electron chi connectivity index (χ1n) is 7.62. The highest BCUT2D eigenvalue weighted by molar-refractivity contribution is 7.89. The highest BCUT2D eigenvalue weighted by Gasteiger charge is 2.17. The van der Waals surface area contributed by atoms with Gasteiger partial charge < -0.3 is 4.52 Å². The maximum Gasteiger partial charge on any atom is 0.238 e. The van der Waals surface area contributed by atoms with Gasteiger partial charge in [-0.2, -0.15) is 0 Å². The van der Waals surface area contributed by atoms with E-state index >= 15 is 0 Å². The molecule has 0 bridgehead atoms. The zero-order valence-corrected chi connectivity index (χ0v) is 15.2. The van der Waals surface area contributed by atoms with Crippen LogP contribution in [0.5, 0.6) is 0 Å². The van der Waals surface area contributed by atoms with Crippen molar-refractivity contribution < 1.29 is 12.9 Å². The highest BCUT2D eigenvalue weighted by atomic mass is 32.2. The van der Waals surface area contributed by atoms with E-state index in [1.54, 1.807) is 12.1 Å². The summed E-state index contributed by atoms with van der Waals surface area (Å²) in [6, 6.07) is 16.0. The van der Waals surface area contributed by atoms with Crippen molar-refractivity contribution in [2.24, 2.45) is 5.14 Å². The van der Waals surface area contributed by atoms with Crippen LogP contribution in [0, 0.1) is 6.92 Å². The average Bonchev–Trinajstić information content (AvgIpc) is 2.98. The van der Waals surface area contributed by atoms with Gasteiger partial charge in [0.05, 0.1) is 10.5 Å². The van der Waals surface area contributed by atoms with Gasteiger partial charge in [-0.1, -0.05) is 68.9 Å². The van der Waals surface area contributed by atoms with Crippen molar-refractivity contribution in [3.05, 3.63) is 60.4 Å². The fraction of sp³-hybridized carbons (Fsp3) is 0.211. The molecular weight excluding hydrogens is 347 g/mol. The summed E-state index contributed by atoms with van der Waals surface area (Å²) in [5, 5.41) is 9.23. The molecule has 5 nitrogen and oxygen atoms in total. The lowest BCUT2D eigenvalue weighted by Gasteiger charge is -2.04. The Morgan fingerprint density at radius 2 is 1.46 bits per heavy atom. The molecule has 0 aliphatic rings. The summed E-state index contributed by atoms with van der Waals surface area (Å²) in [6.45, 7) is 5.82. The van der Waals surface area contributed by atoms with Gasteiger partial charge in [0.1, 0.15) is 11.5 Å². The number of aromatic nitrogens is 1. The number of hydrogen-bond donors (Lipinski definition) is 1. The van der Waals surface area contributed by atoms with E-state index in [0.29, 0.717) is 5.76 Å². The summed E-state index contributed by atoms with van der Waals surface area (Å²) in [5.41, 5.74) is 3.32. The third-order valence-electron chi connectivity index (χ3n) is 3.38. The first kappa shape index (κ1) is 23.6. The molecule has 0 saturated carbocycles. The molecule has 0 spiro atoms. The fourth-order valence-electron chi connectivity index (χ4n) is 2.32. The van der Waals surface area contributed by atoms with Crippen LogP contribution in [0.1, 0.15) is 27.0 Å². The van der Waals surface area contributed by atoms with Crippen molar-refractivity contribution in [3.63, 3.8) is 0 Å². The van der Waals surface area contributed by atoms with Gasteiger partial charge in [-0.25, -0.2) is 13.6 Å². The van der Waals surface area contributed by atoms with Gasteiger partial charge in [-0.3, -0.25) is 0 Å². The predicted molar refractivity (Wildman–Crippen MR) is 107 cm³/mol. The summed E-state index contributed by atoms with van der Waals surface area (Å²) in [7, 11) is -3.70. The Balaban J connectivity index is 0.00000151. The normalized spacial score (nSPS) is 10.0. The molecule has 1 heterocycles. The van der Waals surface area contributed by atoms with E-state index in [2.05, 4.69) is 5.16 Å². The highest BCUT2D eigenvalue weighted by Crippen LogP contribution is 2.34. The summed E-state index contributed by atoms with van der Waals surface area (Å²) in [5.74, 6) is 0.669. The monoisotopic (exact) mass is 371 g/mol. The molecule has 137 valence electrons. The number of aryl methyl sites for hydroxylation is 1. The molecule has 3 radical (unpaired) electrons. The van der Waals surface area contributed by atoms with Gasteiger partial charge in [0, 0.05) is 14.0 Å². The van der Waals surface area contributed by atoms with Crippen molar-refractivity contribution >= 4 is 18.4 Å². The van der Waals surface area contributed by atoms with E-state index in [1.165, 1.54) is 12.1 Å². The van der Waals surface area contributed by atoms with Gasteiger partial charge in [0.15, 0.2) is 0 Å². The number of rotatable bonds is 3. The molecule has 2 N–H and O–H groups in total. The molecule has 0 amide bonds. The van der Waals surface area contributed by atoms with Crippen molar-refractivity contribution in [2.45, 2.75) is 33.1 Å². The standard InChI is InChI=1S/C16H14N2O3S.C2H6.CH4.B/c1-11-15(12-7-9-14(10-8-12)22(17,19)20)16(18-21-11)13-5-3-2-4-6-13;1-2;;/h2-10H,1H3,(H2,17,19,20);1-2H3;1H4;. The number of nitrogens with zero attached hydrogens (tertiary/aromatic N) is 1. The maximum absolute atomic E-state index is 11.3. The van der Waals surface area contributed by atoms with E-state index in [0.717, 1.165) is 22.4 Å². The second-order valence-corrected chi connectivity index (χ2v) is 6.46. The maximum atomic E-state index is 11.3. The van der Waals surface area contributed by atoms with E-state index in [-0.39, 0.29) is 20.7 Å². The summed E-state index contributed by atoms with van der Waals surface area (Å²) >= 11 is 0. The SMILES string of the molecule is C.CC.Cc1onc(-c2ccccc2)c1-c1ccc(S(N)(=O)=O)cc1.[B]. The minimum Gasteiger partial charge on any atom is -0.360 e. The van der Waals surface area contributed by atoms with Crippen LogP contribution in [0.4, 0.5) is 0 Å². The topological polar surface area (TPSA) is 86.2 Å². The Morgan fingerprint density at radius 1 is 0.923 bits per heavy atom. The third kappa shape index (κ3) is 5.06. The minimum absolute atomic E-state index is 0. The van der Waals surface area contributed by atoms with Gasteiger partial charge in [0.25, 0.3) is 0 Å². The van der Waals surface area contributed by atoms with E-state index in [9.17, 15) is 8.42 Å². The van der Waals surface area contributed by atoms with Crippen LogP contribution in [0.25, 0.3) is 22.4 Å². The van der Waals surface area contributed by atoms with Crippen LogP contribution in [-0.4, -0.2) is 22.0 Å². The quantitative estimate of drug-likeness (QED) is 0.698. The van der Waals surface area contributed by atoms with Gasteiger partial charge >= 0.3 is 0 Å². The number of hydrogen-bond acceptors (Lipinski definition) is 4. The van der Waals surface area contributed by atoms with Crippen molar-refractivity contribution in [1.82, 2.24) is 5.16 Å². The van der Waals surface area contributed by atoms with Crippen molar-refractivity contribution in [3.8, 4) is 22.4 Å². The number of nitrogens with two attached hydrogens (primary N) is 1. The molecular formula is C19H24BN2O3S. The largest absolute Gasteiger partial charge is 0.360 e. The minimum atomic E-state index is -3.70. The molecule has 0 atom stereocenters. The Morgan fingerprint density at radius 3 is 1.96 bits per heavy atom. The predicted octanol–water partition coefficient (Wildman–Crippen LogP) is 4.25. The van der Waals surface area contributed by atoms with E-state index in [1.807, 2.05) is 51.1 Å². The molecule has 1 aromatic heterocycles. The van der Waals surface area contributed by atoms with Crippen LogP contribution in [0.15, 0.2) is 64.0 Å². The number of benzene rings is 2. The summed E-state index contributed by atoms with van der Waals surface area (Å²) in [4.78, 5) is 0.0756. The second kappa shape index (κ2) is 9.94. The molecule has 0 unspecified atom stereocenters. The smallest absolute Gasteiger partial charge is 0.238 e. The second-order valence-electron chi connectivity index (χ2n) is 4.90. The number of primary sulfonamides is 1. The van der Waals surface area contributed by atoms with Crippen LogP contribution < -0.4 is 5.14 Å². The molecule has 0 fully saturated rings. The van der Waals surface area contributed by atoms with Gasteiger partial charge in [-0.15, -0.1) is 0 Å². The molecule has 0 aliphatic carbocycles. The molecule has 0 saturated heterocycles. The van der Waals surface area contributed by atoms with Crippen LogP contribution >= 0.6 is 0 Å². The molecule has 0 aliphatic heterocycles. The van der Waals surface area contributed by atoms with Crippen LogP contribution in [0.2, 0.25) is 0 Å². The zero-order chi connectivity index (χ0) is 17.7. The van der Waals surface area contributed by atoms with E-state index < -0.39 is 10.0 Å². The first-order chi connectivity index (χ1) is 11.5. The lowest BCUT2D eigenvalue weighted by atomic mass is 10.00. The van der Waals surface area contributed by atoms with Crippen molar-refractivity contribution in [1.29, 1.82) is 0 Å².